The van der Waals surface area contributed by atoms with Crippen LogP contribution in [0.15, 0.2) is 158 Å². The molecule has 0 saturated carbocycles. The van der Waals surface area contributed by atoms with Gasteiger partial charge in [0.05, 0.1) is 79.3 Å². The molecule has 8 atom stereocenters. The zero-order valence-corrected chi connectivity index (χ0v) is 53.2. The van der Waals surface area contributed by atoms with Gasteiger partial charge in [0.2, 0.25) is 0 Å². The summed E-state index contributed by atoms with van der Waals surface area (Å²) in [6, 6.07) is 53.1. The first kappa shape index (κ1) is 65.0. The van der Waals surface area contributed by atoms with Gasteiger partial charge in [-0.05, 0) is 151 Å². The molecule has 0 amide bonds. The second-order valence-corrected chi connectivity index (χ2v) is 25.0. The van der Waals surface area contributed by atoms with Crippen molar-refractivity contribution >= 4 is 17.1 Å². The van der Waals surface area contributed by atoms with E-state index in [1.807, 2.05) is 98.8 Å². The molecule has 2 aliphatic rings. The summed E-state index contributed by atoms with van der Waals surface area (Å²) in [4.78, 5) is 0. The van der Waals surface area contributed by atoms with E-state index in [1.54, 1.807) is 28.4 Å². The lowest BCUT2D eigenvalue weighted by Gasteiger charge is -2.39. The van der Waals surface area contributed by atoms with Crippen molar-refractivity contribution in [3.8, 4) is 23.0 Å². The number of benzene rings is 6. The van der Waals surface area contributed by atoms with Gasteiger partial charge in [-0.3, -0.25) is 0 Å². The van der Waals surface area contributed by atoms with Crippen LogP contribution in [-0.4, -0.2) is 125 Å². The lowest BCUT2D eigenvalue weighted by Crippen LogP contribution is -2.40. The summed E-state index contributed by atoms with van der Waals surface area (Å²) in [5, 5.41) is 0. The smallest absolute Gasteiger partial charge is 0.259 e. The highest BCUT2D eigenvalue weighted by Gasteiger charge is 2.46. The van der Waals surface area contributed by atoms with E-state index in [4.69, 9.17) is 56.0 Å². The van der Waals surface area contributed by atoms with Crippen LogP contribution in [0.4, 0.5) is 0 Å². The minimum absolute atomic E-state index is 0.0919. The van der Waals surface area contributed by atoms with E-state index in [9.17, 15) is 0 Å². The second-order valence-electron chi connectivity index (χ2n) is 22.2. The molecule has 6 aromatic rings. The molecule has 2 radical (unpaired) electrons. The molecule has 14 nitrogen and oxygen atoms in total. The molecule has 8 rings (SSSR count). The van der Waals surface area contributed by atoms with Gasteiger partial charge in [-0.15, -0.1) is 0 Å². The van der Waals surface area contributed by atoms with Gasteiger partial charge in [0.25, 0.3) is 17.1 Å². The van der Waals surface area contributed by atoms with Gasteiger partial charge in [-0.2, -0.15) is 0 Å². The Hall–Kier alpha value is -5.02. The van der Waals surface area contributed by atoms with Crippen LogP contribution in [0, 0.1) is 12.8 Å². The van der Waals surface area contributed by atoms with Crippen molar-refractivity contribution in [1.82, 2.24) is 9.34 Å². The van der Waals surface area contributed by atoms with E-state index in [1.165, 1.54) is 0 Å². The lowest BCUT2D eigenvalue weighted by molar-refractivity contribution is -0.0784. The minimum Gasteiger partial charge on any atom is -0.497 e. The van der Waals surface area contributed by atoms with Crippen molar-refractivity contribution < 1.29 is 56.0 Å². The fourth-order valence-corrected chi connectivity index (χ4v) is 14.7. The number of methoxy groups -OCH3 is 4. The van der Waals surface area contributed by atoms with Crippen molar-refractivity contribution in [3.63, 3.8) is 0 Å². The van der Waals surface area contributed by atoms with Crippen LogP contribution in [0.25, 0.3) is 0 Å². The fraction of sp³-hybridized carbons (Fsp3) is 0.441. The van der Waals surface area contributed by atoms with Crippen molar-refractivity contribution in [2.24, 2.45) is 0 Å². The molecule has 0 aliphatic carbocycles. The first-order chi connectivity index (χ1) is 40.5. The first-order valence-corrected chi connectivity index (χ1v) is 31.5. The molecule has 16 heteroatoms. The van der Waals surface area contributed by atoms with E-state index in [2.05, 4.69) is 150 Å². The van der Waals surface area contributed by atoms with Gasteiger partial charge in [-0.1, -0.05) is 109 Å². The third-order valence-corrected chi connectivity index (χ3v) is 19.4. The van der Waals surface area contributed by atoms with Crippen LogP contribution in [-0.2, 0) is 48.2 Å². The number of nitrogens with zero attached hydrogens (tertiary/aromatic N) is 2. The first-order valence-electron chi connectivity index (χ1n) is 29.3. The number of hydrogen-bond donors (Lipinski definition) is 0. The van der Waals surface area contributed by atoms with Gasteiger partial charge in [-0.25, -0.2) is 9.34 Å². The predicted molar refractivity (Wildman–Crippen MR) is 334 cm³/mol. The summed E-state index contributed by atoms with van der Waals surface area (Å²) in [6.45, 7) is 22.3. The van der Waals surface area contributed by atoms with Crippen LogP contribution < -0.4 is 18.9 Å². The Balaban J connectivity index is 1.02. The highest BCUT2D eigenvalue weighted by atomic mass is 31.2. The summed E-state index contributed by atoms with van der Waals surface area (Å²) in [5.74, 6) is 2.99. The van der Waals surface area contributed by atoms with Crippen LogP contribution in [0.2, 0.25) is 0 Å². The number of ether oxygens (including phenoxy) is 8. The summed E-state index contributed by atoms with van der Waals surface area (Å²) < 4.78 is 83.4. The van der Waals surface area contributed by atoms with E-state index < -0.39 is 52.7 Å². The van der Waals surface area contributed by atoms with Crippen molar-refractivity contribution in [1.29, 1.82) is 0 Å². The molecule has 0 spiro atoms. The Morgan fingerprint density at radius 3 is 0.905 bits per heavy atom. The maximum absolute atomic E-state index is 7.38. The largest absolute Gasteiger partial charge is 0.497 e. The number of hydrogen-bond acceptors (Lipinski definition) is 14. The molecule has 84 heavy (non-hydrogen) atoms. The average molecular weight is 1190 g/mol. The standard InChI is InChI=1S/C68H88N2O12P2/c1-47(2)69(48(3)4)83(81-63-43-51(9)79-65(63)45-75-67(53-21-17-15-18-22-53,55-25-33-59(71-11)34-26-55)56-27-35-60(72-12)36-28-56)77-41-42-78-84(70(49(5)6)50(7)8)82-64-44-52(10)80-66(64)46-76-68(54-23-19-16-20-24-54,57-29-37-61(73-13)38-30-57)58-31-39-62(74-14)40-32-58/h15-40,43-44,47-52,63-66H,41-42,45-46H2,1-14H3/t51-,52-,63?,64?,65+,66+,83?,84?/m0/s1. The van der Waals surface area contributed by atoms with E-state index in [0.717, 1.165) is 56.4 Å². The Morgan fingerprint density at radius 2 is 0.655 bits per heavy atom. The topological polar surface area (TPSA) is 117 Å². The highest BCUT2D eigenvalue weighted by molar-refractivity contribution is 7.45. The molecule has 0 aromatic heterocycles. The van der Waals surface area contributed by atoms with Crippen LogP contribution in [0.3, 0.4) is 0 Å². The molecule has 0 bridgehead atoms. The van der Waals surface area contributed by atoms with Gasteiger partial charge in [0, 0.05) is 37.0 Å². The summed E-state index contributed by atoms with van der Waals surface area (Å²) >= 11 is 0. The molecule has 2 heterocycles. The Bertz CT molecular complexity index is 2560. The zero-order chi connectivity index (χ0) is 60.0. The van der Waals surface area contributed by atoms with Crippen molar-refractivity contribution in [3.05, 3.63) is 204 Å². The molecule has 0 N–H and O–H groups in total. The summed E-state index contributed by atoms with van der Waals surface area (Å²) in [6.07, 6.45) is 1.90. The predicted octanol–water partition coefficient (Wildman–Crippen LogP) is 14.5. The monoisotopic (exact) mass is 1190 g/mol. The third-order valence-electron chi connectivity index (χ3n) is 15.1. The molecule has 6 aromatic carbocycles. The molecule has 4 unspecified atom stereocenters. The lowest BCUT2D eigenvalue weighted by atomic mass is 9.80. The summed E-state index contributed by atoms with van der Waals surface area (Å²) in [5.41, 5.74) is 3.53. The molecule has 2 fully saturated rings. The van der Waals surface area contributed by atoms with E-state index in [-0.39, 0.29) is 62.8 Å². The Kier molecular flexibility index (Phi) is 23.6. The van der Waals surface area contributed by atoms with Crippen molar-refractivity contribution in [2.75, 3.05) is 54.9 Å². The minimum atomic E-state index is -1.66. The molecular formula is C68H88N2O12P2. The van der Waals surface area contributed by atoms with Gasteiger partial charge in [0.15, 0.2) is 0 Å². The Morgan fingerprint density at radius 1 is 0.393 bits per heavy atom. The normalized spacial score (nSPS) is 20.1. The van der Waals surface area contributed by atoms with Crippen molar-refractivity contribution in [2.45, 2.75) is 141 Å². The van der Waals surface area contributed by atoms with E-state index >= 15 is 0 Å². The van der Waals surface area contributed by atoms with E-state index in [0.29, 0.717) is 0 Å². The SMILES string of the molecule is COc1ccc(C(OC[C@H]2O[C@@H](C)[CH]C2OP(OCCOP(OC2[CH][C@H](C)O[C@@H]2COC(c2ccccc2)(c2ccc(OC)cc2)c2ccc(OC)cc2)N(C(C)C)C(C)C)N(C(C)C)C(C)C)(c2ccccc2)c2ccc(OC)cc2)cc1. The molecule has 2 saturated heterocycles. The second kappa shape index (κ2) is 30.6. The average Bonchev–Trinajstić information content (AvgIpc) is 1.34. The molecule has 2 aliphatic heterocycles. The van der Waals surface area contributed by atoms with Crippen LogP contribution >= 0.6 is 17.1 Å². The zero-order valence-electron chi connectivity index (χ0n) is 51.5. The molecule has 452 valence electrons. The number of rotatable bonds is 31. The maximum Gasteiger partial charge on any atom is 0.259 e. The summed E-state index contributed by atoms with van der Waals surface area (Å²) in [7, 11) is 3.36. The van der Waals surface area contributed by atoms with Crippen LogP contribution in [0.5, 0.6) is 23.0 Å². The quantitative estimate of drug-likeness (QED) is 0.0233. The van der Waals surface area contributed by atoms with Gasteiger partial charge < -0.3 is 56.0 Å². The fourth-order valence-electron chi connectivity index (χ4n) is 11.3. The highest BCUT2D eigenvalue weighted by Crippen LogP contribution is 2.53. The van der Waals surface area contributed by atoms with Crippen LogP contribution in [0.1, 0.15) is 103 Å². The van der Waals surface area contributed by atoms with Gasteiger partial charge in [0.1, 0.15) is 46.4 Å². The maximum atomic E-state index is 7.38. The van der Waals surface area contributed by atoms with Gasteiger partial charge >= 0.3 is 0 Å². The third kappa shape index (κ3) is 15.4. The molecular weight excluding hydrogens is 1100 g/mol. The Labute approximate surface area is 503 Å².